The normalized spacial score (nSPS) is 17.9. The van der Waals surface area contributed by atoms with E-state index in [2.05, 4.69) is 39.6 Å². The van der Waals surface area contributed by atoms with Gasteiger partial charge in [0.2, 0.25) is 5.91 Å². The van der Waals surface area contributed by atoms with Crippen molar-refractivity contribution >= 4 is 23.2 Å². The van der Waals surface area contributed by atoms with Crippen molar-refractivity contribution in [2.45, 2.75) is 13.5 Å². The lowest BCUT2D eigenvalue weighted by Crippen LogP contribution is -2.55. The zero-order chi connectivity index (χ0) is 21.6. The highest BCUT2D eigenvalue weighted by molar-refractivity contribution is 5.98. The number of para-hydroxylation sites is 1. The molecule has 0 aliphatic carbocycles. The molecular formula is C22H31N7O2. The van der Waals surface area contributed by atoms with E-state index < -0.39 is 0 Å². The summed E-state index contributed by atoms with van der Waals surface area (Å²) in [4.78, 5) is 23.9. The molecule has 0 atom stereocenters. The van der Waals surface area contributed by atoms with Gasteiger partial charge in [0.1, 0.15) is 6.54 Å². The Hall–Kier alpha value is -3.07. The van der Waals surface area contributed by atoms with Crippen LogP contribution in [0.2, 0.25) is 0 Å². The molecule has 0 spiro atoms. The lowest BCUT2D eigenvalue weighted by Gasteiger charge is -2.35. The maximum Gasteiger partial charge on any atom is 0.246 e. The van der Waals surface area contributed by atoms with Gasteiger partial charge in [-0.25, -0.2) is 4.99 Å². The van der Waals surface area contributed by atoms with Crippen LogP contribution in [0.5, 0.6) is 0 Å². The van der Waals surface area contributed by atoms with Gasteiger partial charge in [-0.2, -0.15) is 5.10 Å². The number of hydrogen-bond donors (Lipinski definition) is 1. The van der Waals surface area contributed by atoms with E-state index in [4.69, 9.17) is 9.73 Å². The van der Waals surface area contributed by atoms with Crippen LogP contribution in [0.25, 0.3) is 0 Å². The van der Waals surface area contributed by atoms with Gasteiger partial charge in [-0.05, 0) is 18.6 Å². The number of aryl methyl sites for hydroxylation is 1. The largest absolute Gasteiger partial charge is 0.378 e. The van der Waals surface area contributed by atoms with Crippen molar-refractivity contribution in [2.75, 3.05) is 62.3 Å². The molecule has 9 nitrogen and oxygen atoms in total. The molecule has 4 rings (SSSR count). The summed E-state index contributed by atoms with van der Waals surface area (Å²) in [6, 6.07) is 8.40. The molecule has 166 valence electrons. The second-order valence-electron chi connectivity index (χ2n) is 7.74. The Kier molecular flexibility index (Phi) is 6.71. The number of anilines is 2. The Labute approximate surface area is 183 Å². The number of nitrogens with one attached hydrogen (secondary N) is 1. The van der Waals surface area contributed by atoms with E-state index in [1.165, 1.54) is 11.3 Å². The van der Waals surface area contributed by atoms with Gasteiger partial charge in [0.25, 0.3) is 0 Å². The highest BCUT2D eigenvalue weighted by Crippen LogP contribution is 2.22. The van der Waals surface area contributed by atoms with E-state index in [1.807, 2.05) is 25.1 Å². The number of hydrogen-bond acceptors (Lipinski definition) is 5. The summed E-state index contributed by atoms with van der Waals surface area (Å²) in [7, 11) is 1.86. The molecule has 1 aromatic carbocycles. The van der Waals surface area contributed by atoms with Crippen molar-refractivity contribution in [3.05, 3.63) is 42.2 Å². The molecule has 1 N–H and O–H groups in total. The molecule has 0 unspecified atom stereocenters. The minimum atomic E-state index is 0.0542. The first-order valence-electron chi connectivity index (χ1n) is 10.9. The van der Waals surface area contributed by atoms with Gasteiger partial charge in [0.15, 0.2) is 5.96 Å². The SMILES string of the molecule is CCNC(=NCc1ccccc1N1CCOCC1)N1CCN(c2cnn(C)c2)C(=O)C1. The number of carbonyl (C=O) groups is 1. The molecule has 2 aliphatic rings. The van der Waals surface area contributed by atoms with Crippen molar-refractivity contribution in [2.24, 2.45) is 12.0 Å². The summed E-state index contributed by atoms with van der Waals surface area (Å²) in [5, 5.41) is 7.54. The number of nitrogens with zero attached hydrogens (tertiary/aromatic N) is 6. The van der Waals surface area contributed by atoms with E-state index in [0.717, 1.165) is 51.0 Å². The van der Waals surface area contributed by atoms with Gasteiger partial charge >= 0.3 is 0 Å². The quantitative estimate of drug-likeness (QED) is 0.570. The number of aromatic nitrogens is 2. The highest BCUT2D eigenvalue weighted by Gasteiger charge is 2.27. The molecule has 2 aromatic rings. The third-order valence-corrected chi connectivity index (χ3v) is 5.60. The first kappa shape index (κ1) is 21.2. The fourth-order valence-electron chi connectivity index (χ4n) is 4.02. The lowest BCUT2D eigenvalue weighted by molar-refractivity contribution is -0.120. The average molecular weight is 426 g/mol. The Morgan fingerprint density at radius 3 is 2.71 bits per heavy atom. The molecule has 0 saturated carbocycles. The van der Waals surface area contributed by atoms with Gasteiger partial charge < -0.3 is 24.8 Å². The van der Waals surface area contributed by atoms with Crippen molar-refractivity contribution in [1.29, 1.82) is 0 Å². The van der Waals surface area contributed by atoms with E-state index in [0.29, 0.717) is 19.6 Å². The third-order valence-electron chi connectivity index (χ3n) is 5.60. The first-order valence-corrected chi connectivity index (χ1v) is 10.9. The van der Waals surface area contributed by atoms with Crippen LogP contribution in [0.1, 0.15) is 12.5 Å². The summed E-state index contributed by atoms with van der Waals surface area (Å²) < 4.78 is 7.21. The molecule has 0 radical (unpaired) electrons. The van der Waals surface area contributed by atoms with Gasteiger partial charge in [-0.1, -0.05) is 18.2 Å². The molecule has 31 heavy (non-hydrogen) atoms. The molecule has 9 heteroatoms. The van der Waals surface area contributed by atoms with E-state index in [-0.39, 0.29) is 5.91 Å². The summed E-state index contributed by atoms with van der Waals surface area (Å²) in [6.07, 6.45) is 3.60. The first-order chi connectivity index (χ1) is 15.2. The molecule has 3 heterocycles. The van der Waals surface area contributed by atoms with Crippen molar-refractivity contribution in [1.82, 2.24) is 20.0 Å². The molecule has 1 aromatic heterocycles. The lowest BCUT2D eigenvalue weighted by atomic mass is 10.1. The van der Waals surface area contributed by atoms with Crippen LogP contribution < -0.4 is 15.1 Å². The van der Waals surface area contributed by atoms with Crippen LogP contribution in [-0.2, 0) is 23.1 Å². The monoisotopic (exact) mass is 425 g/mol. The second-order valence-corrected chi connectivity index (χ2v) is 7.74. The number of morpholine rings is 1. The molecule has 2 saturated heterocycles. The van der Waals surface area contributed by atoms with Crippen LogP contribution in [0.3, 0.4) is 0 Å². The summed E-state index contributed by atoms with van der Waals surface area (Å²) in [5.41, 5.74) is 3.23. The zero-order valence-electron chi connectivity index (χ0n) is 18.3. The van der Waals surface area contributed by atoms with Crippen LogP contribution in [0, 0.1) is 0 Å². The predicted molar refractivity (Wildman–Crippen MR) is 121 cm³/mol. The zero-order valence-corrected chi connectivity index (χ0v) is 18.3. The van der Waals surface area contributed by atoms with Gasteiger partial charge in [-0.3, -0.25) is 9.48 Å². The van der Waals surface area contributed by atoms with Gasteiger partial charge in [0.05, 0.1) is 31.6 Å². The van der Waals surface area contributed by atoms with Crippen LogP contribution in [0.15, 0.2) is 41.7 Å². The number of carbonyl (C=O) groups excluding carboxylic acids is 1. The fourth-order valence-corrected chi connectivity index (χ4v) is 4.02. The van der Waals surface area contributed by atoms with E-state index in [1.54, 1.807) is 15.8 Å². The number of aliphatic imine (C=N–C) groups is 1. The summed E-state index contributed by atoms with van der Waals surface area (Å²) in [5.74, 6) is 0.831. The maximum atomic E-state index is 12.8. The van der Waals surface area contributed by atoms with Crippen LogP contribution in [0.4, 0.5) is 11.4 Å². The van der Waals surface area contributed by atoms with Crippen molar-refractivity contribution in [3.63, 3.8) is 0 Å². The Morgan fingerprint density at radius 1 is 1.19 bits per heavy atom. The fraction of sp³-hybridized carbons (Fsp3) is 0.500. The number of guanidine groups is 1. The van der Waals surface area contributed by atoms with Gasteiger partial charge in [-0.15, -0.1) is 0 Å². The molecule has 0 bridgehead atoms. The van der Waals surface area contributed by atoms with E-state index in [9.17, 15) is 4.79 Å². The number of amides is 1. The topological polar surface area (TPSA) is 78.2 Å². The van der Waals surface area contributed by atoms with Crippen molar-refractivity contribution < 1.29 is 9.53 Å². The van der Waals surface area contributed by atoms with Crippen LogP contribution >= 0.6 is 0 Å². The van der Waals surface area contributed by atoms with Crippen molar-refractivity contribution in [3.8, 4) is 0 Å². The Balaban J connectivity index is 1.46. The molecular weight excluding hydrogens is 394 g/mol. The predicted octanol–water partition coefficient (Wildman–Crippen LogP) is 1.07. The number of benzene rings is 1. The third kappa shape index (κ3) is 4.99. The second kappa shape index (κ2) is 9.82. The average Bonchev–Trinajstić information content (AvgIpc) is 3.23. The Morgan fingerprint density at radius 2 is 2.00 bits per heavy atom. The minimum absolute atomic E-state index is 0.0542. The number of rotatable bonds is 5. The molecule has 2 fully saturated rings. The Bertz CT molecular complexity index is 920. The standard InChI is InChI=1S/C22H31N7O2/c1-3-23-22(28-8-9-29(21(30)17-28)19-15-25-26(2)16-19)24-14-18-6-4-5-7-20(18)27-10-12-31-13-11-27/h4-7,15-16H,3,8-14,17H2,1-2H3,(H,23,24). The number of ether oxygens (including phenoxy) is 1. The van der Waals surface area contributed by atoms with Gasteiger partial charge in [0, 0.05) is 51.7 Å². The molecule has 1 amide bonds. The highest BCUT2D eigenvalue weighted by atomic mass is 16.5. The smallest absolute Gasteiger partial charge is 0.246 e. The van der Waals surface area contributed by atoms with Crippen LogP contribution in [-0.4, -0.2) is 79.0 Å². The maximum absolute atomic E-state index is 12.8. The summed E-state index contributed by atoms with van der Waals surface area (Å²) >= 11 is 0. The summed E-state index contributed by atoms with van der Waals surface area (Å²) in [6.45, 7) is 8.28. The molecule has 2 aliphatic heterocycles. The number of piperazine rings is 1. The minimum Gasteiger partial charge on any atom is -0.378 e. The van der Waals surface area contributed by atoms with E-state index >= 15 is 0 Å².